The van der Waals surface area contributed by atoms with Crippen molar-refractivity contribution in [2.45, 2.75) is 64.5 Å². The number of aromatic nitrogens is 3. The molecule has 158 valence electrons. The van der Waals surface area contributed by atoms with Crippen molar-refractivity contribution in [1.29, 1.82) is 0 Å². The van der Waals surface area contributed by atoms with Crippen LogP contribution < -0.4 is 10.6 Å². The second-order valence-electron chi connectivity index (χ2n) is 8.42. The van der Waals surface area contributed by atoms with Gasteiger partial charge in [0.25, 0.3) is 0 Å². The molecule has 0 radical (unpaired) electrons. The molecule has 2 N–H and O–H groups in total. The molecule has 1 saturated heterocycles. The number of nitrogens with zero attached hydrogens (tertiary/aromatic N) is 5. The van der Waals surface area contributed by atoms with Crippen molar-refractivity contribution in [3.8, 4) is 0 Å². The summed E-state index contributed by atoms with van der Waals surface area (Å²) in [6.45, 7) is 6.96. The third kappa shape index (κ3) is 5.26. The summed E-state index contributed by atoms with van der Waals surface area (Å²) < 4.78 is 2.00. The minimum atomic E-state index is 0.511. The molecule has 7 heteroatoms. The lowest BCUT2D eigenvalue weighted by atomic mass is 9.89. The summed E-state index contributed by atoms with van der Waals surface area (Å²) in [5.74, 6) is 2.63. The Morgan fingerprint density at radius 1 is 1.10 bits per heavy atom. The Morgan fingerprint density at radius 2 is 2.00 bits per heavy atom. The molecule has 7 nitrogen and oxygen atoms in total. The topological polar surface area (TPSA) is 69.8 Å². The number of aliphatic imine (C=N–C) groups is 1. The van der Waals surface area contributed by atoms with Crippen molar-refractivity contribution in [1.82, 2.24) is 30.1 Å². The first-order valence-corrected chi connectivity index (χ1v) is 11.4. The summed E-state index contributed by atoms with van der Waals surface area (Å²) in [4.78, 5) is 7.48. The predicted molar refractivity (Wildman–Crippen MR) is 117 cm³/mol. The maximum atomic E-state index is 4.76. The number of pyridine rings is 1. The highest BCUT2D eigenvalue weighted by Crippen LogP contribution is 2.27. The van der Waals surface area contributed by atoms with Gasteiger partial charge in [-0.25, -0.2) is 4.99 Å². The number of hydrogen-bond acceptors (Lipinski definition) is 4. The lowest BCUT2D eigenvalue weighted by Crippen LogP contribution is -2.46. The average molecular weight is 398 g/mol. The summed E-state index contributed by atoms with van der Waals surface area (Å²) in [5, 5.41) is 15.5. The van der Waals surface area contributed by atoms with Gasteiger partial charge in [-0.1, -0.05) is 25.3 Å². The molecule has 0 aromatic carbocycles. The summed E-state index contributed by atoms with van der Waals surface area (Å²) >= 11 is 0. The minimum Gasteiger partial charge on any atom is -0.357 e. The van der Waals surface area contributed by atoms with E-state index in [-0.39, 0.29) is 0 Å². The highest BCUT2D eigenvalue weighted by atomic mass is 15.3. The molecule has 2 fully saturated rings. The van der Waals surface area contributed by atoms with Crippen molar-refractivity contribution >= 4 is 11.6 Å². The van der Waals surface area contributed by atoms with E-state index in [1.807, 2.05) is 28.8 Å². The molecule has 1 aliphatic heterocycles. The van der Waals surface area contributed by atoms with Crippen molar-refractivity contribution in [2.75, 3.05) is 26.2 Å². The van der Waals surface area contributed by atoms with Crippen molar-refractivity contribution in [3.63, 3.8) is 0 Å². The zero-order valence-corrected chi connectivity index (χ0v) is 17.7. The van der Waals surface area contributed by atoms with E-state index in [9.17, 15) is 0 Å². The monoisotopic (exact) mass is 397 g/mol. The van der Waals surface area contributed by atoms with E-state index < -0.39 is 0 Å². The Bertz CT molecular complexity index is 793. The summed E-state index contributed by atoms with van der Waals surface area (Å²) in [6.07, 6.45) is 11.7. The molecular weight excluding hydrogens is 362 g/mol. The average Bonchev–Trinajstić information content (AvgIpc) is 3.37. The van der Waals surface area contributed by atoms with Gasteiger partial charge in [0, 0.05) is 31.9 Å². The highest BCUT2D eigenvalue weighted by molar-refractivity contribution is 5.79. The van der Waals surface area contributed by atoms with E-state index in [4.69, 9.17) is 4.99 Å². The summed E-state index contributed by atoms with van der Waals surface area (Å²) in [5.41, 5.74) is 0.861. The number of fused-ring (bicyclic) bond motifs is 1. The van der Waals surface area contributed by atoms with E-state index in [2.05, 4.69) is 32.7 Å². The molecule has 4 rings (SSSR count). The van der Waals surface area contributed by atoms with E-state index in [0.29, 0.717) is 12.6 Å². The normalized spacial score (nSPS) is 21.7. The van der Waals surface area contributed by atoms with Crippen LogP contribution in [0.1, 0.15) is 57.7 Å². The van der Waals surface area contributed by atoms with Gasteiger partial charge in [-0.2, -0.15) is 0 Å². The van der Waals surface area contributed by atoms with Crippen molar-refractivity contribution in [2.24, 2.45) is 10.9 Å². The Hall–Kier alpha value is -2.15. The molecule has 1 atom stereocenters. The standard InChI is InChI=1S/C22H35N7/c1-2-23-22(25-16-21-27-26-20-12-6-7-14-29(20)21)24-15-19-11-8-13-28(19)17-18-9-4-3-5-10-18/h6-7,12,14,18-19H,2-5,8-11,13,15-17H2,1H3,(H2,23,24,25). The molecule has 0 amide bonds. The fraction of sp³-hybridized carbons (Fsp3) is 0.682. The predicted octanol–water partition coefficient (Wildman–Crippen LogP) is 2.83. The molecule has 1 unspecified atom stereocenters. The number of likely N-dealkylation sites (tertiary alicyclic amines) is 1. The van der Waals surface area contributed by atoms with Crippen molar-refractivity contribution < 1.29 is 0 Å². The van der Waals surface area contributed by atoms with Crippen LogP contribution in [0.25, 0.3) is 5.65 Å². The van der Waals surface area contributed by atoms with Gasteiger partial charge in [-0.3, -0.25) is 9.30 Å². The van der Waals surface area contributed by atoms with Gasteiger partial charge >= 0.3 is 0 Å². The largest absolute Gasteiger partial charge is 0.357 e. The number of hydrogen-bond donors (Lipinski definition) is 2. The smallest absolute Gasteiger partial charge is 0.191 e. The molecule has 3 heterocycles. The summed E-state index contributed by atoms with van der Waals surface area (Å²) in [6, 6.07) is 6.55. The van der Waals surface area contributed by atoms with Gasteiger partial charge in [-0.15, -0.1) is 10.2 Å². The maximum absolute atomic E-state index is 4.76. The molecule has 0 spiro atoms. The van der Waals surface area contributed by atoms with Gasteiger partial charge in [0.05, 0.1) is 0 Å². The van der Waals surface area contributed by atoms with Crippen LogP contribution in [0.2, 0.25) is 0 Å². The highest BCUT2D eigenvalue weighted by Gasteiger charge is 2.27. The Balaban J connectivity index is 1.33. The molecule has 29 heavy (non-hydrogen) atoms. The lowest BCUT2D eigenvalue weighted by Gasteiger charge is -2.31. The molecule has 1 aliphatic carbocycles. The first kappa shape index (κ1) is 20.1. The van der Waals surface area contributed by atoms with Gasteiger partial charge in [0.1, 0.15) is 6.54 Å². The van der Waals surface area contributed by atoms with Crippen LogP contribution in [0.15, 0.2) is 29.4 Å². The van der Waals surface area contributed by atoms with Crippen LogP contribution in [-0.4, -0.2) is 57.7 Å². The van der Waals surface area contributed by atoms with E-state index in [1.165, 1.54) is 58.0 Å². The molecule has 2 aromatic heterocycles. The van der Waals surface area contributed by atoms with Gasteiger partial charge in [-0.05, 0) is 57.2 Å². The second kappa shape index (κ2) is 10.1. The van der Waals surface area contributed by atoms with Crippen LogP contribution in [-0.2, 0) is 6.54 Å². The Kier molecular flexibility index (Phi) is 6.98. The molecule has 2 aliphatic rings. The van der Waals surface area contributed by atoms with Crippen LogP contribution >= 0.6 is 0 Å². The zero-order valence-electron chi connectivity index (χ0n) is 17.7. The first-order valence-electron chi connectivity index (χ1n) is 11.4. The molecule has 2 aromatic rings. The second-order valence-corrected chi connectivity index (χ2v) is 8.42. The molecular formula is C22H35N7. The van der Waals surface area contributed by atoms with E-state index in [1.54, 1.807) is 0 Å². The third-order valence-electron chi connectivity index (χ3n) is 6.33. The number of guanidine groups is 1. The Labute approximate surface area is 174 Å². The van der Waals surface area contributed by atoms with Gasteiger partial charge < -0.3 is 10.6 Å². The summed E-state index contributed by atoms with van der Waals surface area (Å²) in [7, 11) is 0. The third-order valence-corrected chi connectivity index (χ3v) is 6.33. The lowest BCUT2D eigenvalue weighted by molar-refractivity contribution is 0.188. The maximum Gasteiger partial charge on any atom is 0.191 e. The minimum absolute atomic E-state index is 0.511. The van der Waals surface area contributed by atoms with E-state index in [0.717, 1.165) is 36.4 Å². The molecule has 0 bridgehead atoms. The Morgan fingerprint density at radius 3 is 2.86 bits per heavy atom. The van der Waals surface area contributed by atoms with Gasteiger partial charge in [0.2, 0.25) is 0 Å². The SMILES string of the molecule is CCNC(=NCc1nnc2ccccn12)NCC1CCCN1CC1CCCCC1. The number of rotatable bonds is 7. The molecule has 1 saturated carbocycles. The first-order chi connectivity index (χ1) is 14.3. The van der Waals surface area contributed by atoms with Crippen LogP contribution in [0.5, 0.6) is 0 Å². The van der Waals surface area contributed by atoms with Crippen LogP contribution in [0, 0.1) is 5.92 Å². The van der Waals surface area contributed by atoms with Gasteiger partial charge in [0.15, 0.2) is 17.4 Å². The van der Waals surface area contributed by atoms with E-state index >= 15 is 0 Å². The fourth-order valence-electron chi connectivity index (χ4n) is 4.77. The van der Waals surface area contributed by atoms with Crippen LogP contribution in [0.4, 0.5) is 0 Å². The van der Waals surface area contributed by atoms with Crippen molar-refractivity contribution in [3.05, 3.63) is 30.2 Å². The fourth-order valence-corrected chi connectivity index (χ4v) is 4.77. The quantitative estimate of drug-likeness (QED) is 0.555. The zero-order chi connectivity index (χ0) is 19.9. The number of nitrogens with one attached hydrogen (secondary N) is 2. The van der Waals surface area contributed by atoms with Crippen LogP contribution in [0.3, 0.4) is 0 Å².